The average molecular weight is 214 g/mol. The minimum atomic E-state index is 0.150. The smallest absolute Gasteiger partial charge is 0.115 e. The highest BCUT2D eigenvalue weighted by atomic mass is 35.5. The summed E-state index contributed by atoms with van der Waals surface area (Å²) in [5.74, 6) is 0.315. The van der Waals surface area contributed by atoms with Gasteiger partial charge in [0.25, 0.3) is 0 Å². The van der Waals surface area contributed by atoms with Crippen LogP contribution in [0.15, 0.2) is 24.3 Å². The number of nitrogens with zero attached hydrogens (tertiary/aromatic N) is 1. The predicted molar refractivity (Wildman–Crippen MR) is 59.8 cm³/mol. The molecule has 1 aromatic rings. The van der Waals surface area contributed by atoms with Crippen molar-refractivity contribution in [1.29, 1.82) is 0 Å². The summed E-state index contributed by atoms with van der Waals surface area (Å²) < 4.78 is 0. The van der Waals surface area contributed by atoms with Crippen LogP contribution in [0.3, 0.4) is 0 Å². The monoisotopic (exact) mass is 213 g/mol. The number of hydrogen-bond acceptors (Lipinski definition) is 2. The number of phenolic OH excluding ortho intramolecular Hbond substituents is 1. The van der Waals surface area contributed by atoms with E-state index in [9.17, 15) is 5.11 Å². The Kier molecular flexibility index (Phi) is 4.23. The molecule has 0 aromatic heterocycles. The van der Waals surface area contributed by atoms with Gasteiger partial charge >= 0.3 is 0 Å². The minimum absolute atomic E-state index is 0.150. The SMILES string of the molecule is CC(Cl)CN(C)Cc1cccc(O)c1. The van der Waals surface area contributed by atoms with Gasteiger partial charge in [0.05, 0.1) is 0 Å². The van der Waals surface area contributed by atoms with E-state index in [1.165, 1.54) is 0 Å². The molecule has 1 rings (SSSR count). The van der Waals surface area contributed by atoms with Gasteiger partial charge in [0.2, 0.25) is 0 Å². The Labute approximate surface area is 90.1 Å². The van der Waals surface area contributed by atoms with Gasteiger partial charge in [0.15, 0.2) is 0 Å². The van der Waals surface area contributed by atoms with Crippen molar-refractivity contribution in [2.24, 2.45) is 0 Å². The molecule has 0 bridgehead atoms. The molecular weight excluding hydrogens is 198 g/mol. The van der Waals surface area contributed by atoms with E-state index in [0.29, 0.717) is 5.75 Å². The van der Waals surface area contributed by atoms with Crippen LogP contribution in [-0.2, 0) is 6.54 Å². The van der Waals surface area contributed by atoms with Crippen molar-refractivity contribution in [1.82, 2.24) is 4.90 Å². The molecule has 1 unspecified atom stereocenters. The summed E-state index contributed by atoms with van der Waals surface area (Å²) in [6.07, 6.45) is 0. The van der Waals surface area contributed by atoms with E-state index in [1.54, 1.807) is 12.1 Å². The third-order valence-corrected chi connectivity index (χ3v) is 2.06. The summed E-state index contributed by atoms with van der Waals surface area (Å²) in [6.45, 7) is 3.63. The first-order chi connectivity index (χ1) is 6.58. The summed E-state index contributed by atoms with van der Waals surface area (Å²) in [6, 6.07) is 7.29. The maximum atomic E-state index is 9.26. The van der Waals surface area contributed by atoms with Crippen molar-refractivity contribution in [3.63, 3.8) is 0 Å². The van der Waals surface area contributed by atoms with E-state index in [4.69, 9.17) is 11.6 Å². The summed E-state index contributed by atoms with van der Waals surface area (Å²) in [4.78, 5) is 2.13. The van der Waals surface area contributed by atoms with Crippen molar-refractivity contribution in [2.45, 2.75) is 18.8 Å². The quantitative estimate of drug-likeness (QED) is 0.777. The third kappa shape index (κ3) is 3.99. The average Bonchev–Trinajstić information content (AvgIpc) is 2.01. The molecule has 0 aliphatic heterocycles. The molecule has 0 saturated carbocycles. The molecule has 0 aliphatic rings. The van der Waals surface area contributed by atoms with Gasteiger partial charge in [-0.2, -0.15) is 0 Å². The first kappa shape index (κ1) is 11.3. The lowest BCUT2D eigenvalue weighted by Gasteiger charge is -2.17. The van der Waals surface area contributed by atoms with Gasteiger partial charge < -0.3 is 10.0 Å². The van der Waals surface area contributed by atoms with Crippen molar-refractivity contribution < 1.29 is 5.11 Å². The van der Waals surface area contributed by atoms with E-state index < -0.39 is 0 Å². The maximum absolute atomic E-state index is 9.26. The zero-order chi connectivity index (χ0) is 10.6. The fourth-order valence-corrected chi connectivity index (χ4v) is 1.70. The molecule has 0 amide bonds. The van der Waals surface area contributed by atoms with Crippen molar-refractivity contribution >= 4 is 11.6 Å². The zero-order valence-corrected chi connectivity index (χ0v) is 9.33. The zero-order valence-electron chi connectivity index (χ0n) is 8.57. The highest BCUT2D eigenvalue weighted by Crippen LogP contribution is 2.12. The largest absolute Gasteiger partial charge is 0.508 e. The first-order valence-corrected chi connectivity index (χ1v) is 5.12. The molecule has 2 nitrogen and oxygen atoms in total. The van der Waals surface area contributed by atoms with Crippen LogP contribution in [0.25, 0.3) is 0 Å². The van der Waals surface area contributed by atoms with Crippen LogP contribution < -0.4 is 0 Å². The second-order valence-electron chi connectivity index (χ2n) is 3.65. The van der Waals surface area contributed by atoms with E-state index >= 15 is 0 Å². The topological polar surface area (TPSA) is 23.5 Å². The number of phenols is 1. The van der Waals surface area contributed by atoms with Crippen molar-refractivity contribution in [3.8, 4) is 5.75 Å². The molecular formula is C11H16ClNO. The molecule has 3 heteroatoms. The standard InChI is InChI=1S/C11H16ClNO/c1-9(12)7-13(2)8-10-4-3-5-11(14)6-10/h3-6,9,14H,7-8H2,1-2H3. The molecule has 0 fully saturated rings. The number of benzene rings is 1. The molecule has 0 spiro atoms. The van der Waals surface area contributed by atoms with Gasteiger partial charge in [-0.05, 0) is 31.7 Å². The minimum Gasteiger partial charge on any atom is -0.508 e. The van der Waals surface area contributed by atoms with Crippen LogP contribution in [0.5, 0.6) is 5.75 Å². The number of hydrogen-bond donors (Lipinski definition) is 1. The molecule has 1 aromatic carbocycles. The fraction of sp³-hybridized carbons (Fsp3) is 0.455. The van der Waals surface area contributed by atoms with Crippen LogP contribution in [-0.4, -0.2) is 29.0 Å². The summed E-state index contributed by atoms with van der Waals surface area (Å²) in [5.41, 5.74) is 1.10. The Balaban J connectivity index is 2.51. The highest BCUT2D eigenvalue weighted by molar-refractivity contribution is 6.20. The molecule has 0 heterocycles. The first-order valence-electron chi connectivity index (χ1n) is 4.68. The Morgan fingerprint density at radius 3 is 2.79 bits per heavy atom. The van der Waals surface area contributed by atoms with Gasteiger partial charge in [-0.25, -0.2) is 0 Å². The molecule has 14 heavy (non-hydrogen) atoms. The van der Waals surface area contributed by atoms with Crippen LogP contribution in [0.4, 0.5) is 0 Å². The van der Waals surface area contributed by atoms with E-state index in [2.05, 4.69) is 4.90 Å². The van der Waals surface area contributed by atoms with Crippen molar-refractivity contribution in [2.75, 3.05) is 13.6 Å². The van der Waals surface area contributed by atoms with E-state index in [-0.39, 0.29) is 5.38 Å². The Morgan fingerprint density at radius 2 is 2.21 bits per heavy atom. The lowest BCUT2D eigenvalue weighted by atomic mass is 10.2. The molecule has 0 radical (unpaired) electrons. The molecule has 0 saturated heterocycles. The fourth-order valence-electron chi connectivity index (χ4n) is 1.46. The lowest BCUT2D eigenvalue weighted by Crippen LogP contribution is -2.24. The Morgan fingerprint density at radius 1 is 1.50 bits per heavy atom. The van der Waals surface area contributed by atoms with Gasteiger partial charge in [0.1, 0.15) is 5.75 Å². The molecule has 78 valence electrons. The van der Waals surface area contributed by atoms with Crippen LogP contribution in [0.2, 0.25) is 0 Å². The Bertz CT molecular complexity index is 288. The van der Waals surface area contributed by atoms with Crippen LogP contribution in [0.1, 0.15) is 12.5 Å². The summed E-state index contributed by atoms with van der Waals surface area (Å²) in [5, 5.41) is 9.41. The highest BCUT2D eigenvalue weighted by Gasteiger charge is 2.04. The number of rotatable bonds is 4. The van der Waals surface area contributed by atoms with Crippen LogP contribution >= 0.6 is 11.6 Å². The van der Waals surface area contributed by atoms with Crippen molar-refractivity contribution in [3.05, 3.63) is 29.8 Å². The second kappa shape index (κ2) is 5.23. The van der Waals surface area contributed by atoms with Crippen LogP contribution in [0, 0.1) is 0 Å². The summed E-state index contributed by atoms with van der Waals surface area (Å²) >= 11 is 5.88. The van der Waals surface area contributed by atoms with E-state index in [1.807, 2.05) is 26.1 Å². The third-order valence-electron chi connectivity index (χ3n) is 1.93. The molecule has 1 N–H and O–H groups in total. The molecule has 1 atom stereocenters. The lowest BCUT2D eigenvalue weighted by molar-refractivity contribution is 0.329. The van der Waals surface area contributed by atoms with E-state index in [0.717, 1.165) is 18.7 Å². The second-order valence-corrected chi connectivity index (χ2v) is 4.39. The number of halogens is 1. The Hall–Kier alpha value is -0.730. The van der Waals surface area contributed by atoms with Gasteiger partial charge in [-0.1, -0.05) is 12.1 Å². The van der Waals surface area contributed by atoms with Gasteiger partial charge in [-0.3, -0.25) is 0 Å². The maximum Gasteiger partial charge on any atom is 0.115 e. The number of aromatic hydroxyl groups is 1. The molecule has 0 aliphatic carbocycles. The van der Waals surface area contributed by atoms with Gasteiger partial charge in [-0.15, -0.1) is 11.6 Å². The predicted octanol–water partition coefficient (Wildman–Crippen LogP) is 2.45. The van der Waals surface area contributed by atoms with Gasteiger partial charge in [0, 0.05) is 18.5 Å². The number of alkyl halides is 1. The normalized spacial score (nSPS) is 13.1. The summed E-state index contributed by atoms with van der Waals surface area (Å²) in [7, 11) is 2.02.